The summed E-state index contributed by atoms with van der Waals surface area (Å²) in [6, 6.07) is 10.1. The molecule has 0 aliphatic carbocycles. The number of hydrogen-bond donors (Lipinski definition) is 1. The normalized spacial score (nSPS) is 12.0. The lowest BCUT2D eigenvalue weighted by Crippen LogP contribution is -2.15. The number of carboxylic acids is 1. The largest absolute Gasteiger partial charge is 0.481 e. The molecule has 3 rings (SSSR count). The molecule has 0 fully saturated rings. The van der Waals surface area contributed by atoms with Gasteiger partial charge >= 0.3 is 5.97 Å². The fourth-order valence-electron chi connectivity index (χ4n) is 3.07. The number of benzene rings is 1. The average molecular weight is 372 g/mol. The van der Waals surface area contributed by atoms with Crippen LogP contribution in [0.1, 0.15) is 36.6 Å². The van der Waals surface area contributed by atoms with Crippen LogP contribution in [0.3, 0.4) is 0 Å². The van der Waals surface area contributed by atoms with E-state index in [1.165, 1.54) is 6.20 Å². The van der Waals surface area contributed by atoms with Crippen LogP contribution in [0.2, 0.25) is 0 Å². The second-order valence-electron chi connectivity index (χ2n) is 6.50. The Bertz CT molecular complexity index is 1080. The highest BCUT2D eigenvalue weighted by atomic mass is 32.2. The van der Waals surface area contributed by atoms with Crippen LogP contribution >= 0.6 is 0 Å². The van der Waals surface area contributed by atoms with Crippen LogP contribution in [-0.4, -0.2) is 28.5 Å². The maximum atomic E-state index is 13.2. The molecule has 3 aromatic rings. The molecule has 0 atom stereocenters. The minimum absolute atomic E-state index is 0.148. The van der Waals surface area contributed by atoms with E-state index in [-0.39, 0.29) is 17.0 Å². The van der Waals surface area contributed by atoms with Crippen molar-refractivity contribution in [2.75, 3.05) is 0 Å². The van der Waals surface area contributed by atoms with Crippen molar-refractivity contribution in [1.82, 2.24) is 8.96 Å². The van der Waals surface area contributed by atoms with E-state index < -0.39 is 16.0 Å². The molecule has 0 spiro atoms. The molecule has 26 heavy (non-hydrogen) atoms. The SMILES string of the molecule is Cc1c(CC(=O)O)c2cccnc2n1S(=O)(=O)c1ccc(C(C)C)cc1. The molecule has 0 saturated carbocycles. The minimum Gasteiger partial charge on any atom is -0.481 e. The number of carbonyl (C=O) groups is 1. The highest BCUT2D eigenvalue weighted by molar-refractivity contribution is 7.90. The van der Waals surface area contributed by atoms with Crippen LogP contribution in [0.5, 0.6) is 0 Å². The molecule has 0 aliphatic rings. The van der Waals surface area contributed by atoms with Gasteiger partial charge in [-0.25, -0.2) is 17.4 Å². The van der Waals surface area contributed by atoms with Gasteiger partial charge in [-0.3, -0.25) is 4.79 Å². The third-order valence-corrected chi connectivity index (χ3v) is 6.25. The number of pyridine rings is 1. The number of aliphatic carboxylic acids is 1. The zero-order valence-electron chi connectivity index (χ0n) is 14.8. The lowest BCUT2D eigenvalue weighted by Gasteiger charge is -2.11. The number of hydrogen-bond acceptors (Lipinski definition) is 4. The van der Waals surface area contributed by atoms with Crippen molar-refractivity contribution < 1.29 is 18.3 Å². The molecule has 2 heterocycles. The highest BCUT2D eigenvalue weighted by Gasteiger charge is 2.26. The fourth-order valence-corrected chi connectivity index (χ4v) is 4.60. The first-order valence-corrected chi connectivity index (χ1v) is 9.69. The van der Waals surface area contributed by atoms with Gasteiger partial charge < -0.3 is 5.11 Å². The molecule has 0 bridgehead atoms. The predicted molar refractivity (Wildman–Crippen MR) is 98.9 cm³/mol. The smallest absolute Gasteiger partial charge is 0.307 e. The van der Waals surface area contributed by atoms with Crippen LogP contribution in [-0.2, 0) is 21.2 Å². The van der Waals surface area contributed by atoms with Crippen LogP contribution < -0.4 is 0 Å². The molecular formula is C19H20N2O4S. The van der Waals surface area contributed by atoms with E-state index in [1.54, 1.807) is 43.3 Å². The van der Waals surface area contributed by atoms with Crippen molar-refractivity contribution in [2.24, 2.45) is 0 Å². The Hall–Kier alpha value is -2.67. The molecule has 0 amide bonds. The summed E-state index contributed by atoms with van der Waals surface area (Å²) < 4.78 is 27.6. The molecular weight excluding hydrogens is 352 g/mol. The zero-order chi connectivity index (χ0) is 19.1. The van der Waals surface area contributed by atoms with Crippen molar-refractivity contribution in [3.63, 3.8) is 0 Å². The molecule has 136 valence electrons. The van der Waals surface area contributed by atoms with Gasteiger partial charge in [0.25, 0.3) is 10.0 Å². The number of carboxylic acid groups (broad SMARTS) is 1. The minimum atomic E-state index is -3.89. The van der Waals surface area contributed by atoms with E-state index >= 15 is 0 Å². The molecule has 0 unspecified atom stereocenters. The first-order chi connectivity index (χ1) is 12.2. The Kier molecular flexibility index (Phi) is 4.58. The van der Waals surface area contributed by atoms with Gasteiger partial charge in [-0.05, 0) is 48.2 Å². The van der Waals surface area contributed by atoms with Gasteiger partial charge in [0.2, 0.25) is 0 Å². The van der Waals surface area contributed by atoms with Crippen molar-refractivity contribution in [3.8, 4) is 0 Å². The van der Waals surface area contributed by atoms with Crippen molar-refractivity contribution >= 4 is 27.0 Å². The maximum absolute atomic E-state index is 13.2. The molecule has 1 aromatic carbocycles. The van der Waals surface area contributed by atoms with Crippen LogP contribution in [0, 0.1) is 6.92 Å². The lowest BCUT2D eigenvalue weighted by molar-refractivity contribution is -0.136. The summed E-state index contributed by atoms with van der Waals surface area (Å²) in [6.45, 7) is 5.68. The maximum Gasteiger partial charge on any atom is 0.307 e. The Labute approximate surface area is 152 Å². The molecule has 7 heteroatoms. The molecule has 0 radical (unpaired) electrons. The first-order valence-electron chi connectivity index (χ1n) is 8.25. The van der Waals surface area contributed by atoms with Gasteiger partial charge in [-0.2, -0.15) is 0 Å². The van der Waals surface area contributed by atoms with Gasteiger partial charge in [0.15, 0.2) is 5.65 Å². The Morgan fingerprint density at radius 1 is 1.19 bits per heavy atom. The van der Waals surface area contributed by atoms with Gasteiger partial charge in [0, 0.05) is 17.3 Å². The molecule has 0 aliphatic heterocycles. The second-order valence-corrected chi connectivity index (χ2v) is 8.29. The van der Waals surface area contributed by atoms with Gasteiger partial charge in [-0.15, -0.1) is 0 Å². The predicted octanol–water partition coefficient (Wildman–Crippen LogP) is 3.33. The summed E-state index contributed by atoms with van der Waals surface area (Å²) in [5.41, 5.74) is 2.12. The third kappa shape index (κ3) is 2.99. The summed E-state index contributed by atoms with van der Waals surface area (Å²) in [6.07, 6.45) is 1.24. The second kappa shape index (κ2) is 6.57. The lowest BCUT2D eigenvalue weighted by atomic mass is 10.0. The Balaban J connectivity index is 2.23. The summed E-state index contributed by atoms with van der Waals surface area (Å²) in [5, 5.41) is 9.72. The standard InChI is InChI=1S/C19H20N2O4S/c1-12(2)14-6-8-15(9-7-14)26(24,25)21-13(3)17(11-18(22)23)16-5-4-10-20-19(16)21/h4-10,12H,11H2,1-3H3,(H,22,23). The summed E-state index contributed by atoms with van der Waals surface area (Å²) in [4.78, 5) is 15.6. The van der Waals surface area contributed by atoms with Gasteiger partial charge in [-0.1, -0.05) is 26.0 Å². The van der Waals surface area contributed by atoms with E-state index in [4.69, 9.17) is 0 Å². The van der Waals surface area contributed by atoms with Crippen LogP contribution in [0.25, 0.3) is 11.0 Å². The number of rotatable bonds is 5. The molecule has 2 aromatic heterocycles. The molecule has 6 nitrogen and oxygen atoms in total. The van der Waals surface area contributed by atoms with Crippen molar-refractivity contribution in [3.05, 3.63) is 59.4 Å². The van der Waals surface area contributed by atoms with E-state index in [0.717, 1.165) is 9.54 Å². The summed E-state index contributed by atoms with van der Waals surface area (Å²) in [5.74, 6) is -0.723. The Morgan fingerprint density at radius 3 is 2.42 bits per heavy atom. The van der Waals surface area contributed by atoms with Crippen LogP contribution in [0.15, 0.2) is 47.5 Å². The first kappa shape index (κ1) is 18.1. The Morgan fingerprint density at radius 2 is 1.85 bits per heavy atom. The van der Waals surface area contributed by atoms with Crippen molar-refractivity contribution in [2.45, 2.75) is 38.0 Å². The average Bonchev–Trinajstić information content (AvgIpc) is 2.87. The van der Waals surface area contributed by atoms with E-state index in [2.05, 4.69) is 4.98 Å². The number of fused-ring (bicyclic) bond motifs is 1. The quantitative estimate of drug-likeness (QED) is 0.742. The summed E-state index contributed by atoms with van der Waals surface area (Å²) in [7, 11) is -3.89. The third-order valence-electron chi connectivity index (χ3n) is 4.46. The van der Waals surface area contributed by atoms with E-state index in [0.29, 0.717) is 22.6 Å². The topological polar surface area (TPSA) is 89.3 Å². The van der Waals surface area contributed by atoms with Crippen LogP contribution in [0.4, 0.5) is 0 Å². The number of aromatic nitrogens is 2. The molecule has 1 N–H and O–H groups in total. The monoisotopic (exact) mass is 372 g/mol. The van der Waals surface area contributed by atoms with Gasteiger partial charge in [0.1, 0.15) is 0 Å². The summed E-state index contributed by atoms with van der Waals surface area (Å²) >= 11 is 0. The zero-order valence-corrected chi connectivity index (χ0v) is 15.6. The van der Waals surface area contributed by atoms with E-state index in [9.17, 15) is 18.3 Å². The van der Waals surface area contributed by atoms with Gasteiger partial charge in [0.05, 0.1) is 11.3 Å². The fraction of sp³-hybridized carbons (Fsp3) is 0.263. The number of nitrogens with zero attached hydrogens (tertiary/aromatic N) is 2. The van der Waals surface area contributed by atoms with E-state index in [1.807, 2.05) is 13.8 Å². The molecule has 0 saturated heterocycles. The highest BCUT2D eigenvalue weighted by Crippen LogP contribution is 2.29. The van der Waals surface area contributed by atoms with Crippen molar-refractivity contribution in [1.29, 1.82) is 0 Å².